The molecule has 4 rings (SSSR count). The highest BCUT2D eigenvalue weighted by molar-refractivity contribution is 5.84. The number of anilines is 3. The van der Waals surface area contributed by atoms with Crippen LogP contribution in [-0.2, 0) is 21.9 Å². The van der Waals surface area contributed by atoms with Gasteiger partial charge < -0.3 is 25.6 Å². The van der Waals surface area contributed by atoms with Crippen molar-refractivity contribution in [3.8, 4) is 0 Å². The van der Waals surface area contributed by atoms with Gasteiger partial charge in [-0.1, -0.05) is 0 Å². The molecule has 0 bridgehead atoms. The number of amides is 1. The maximum Gasteiger partial charge on any atom is 0.418 e. The summed E-state index contributed by atoms with van der Waals surface area (Å²) in [6.45, 7) is 5.29. The molecule has 6 nitrogen and oxygen atoms in total. The van der Waals surface area contributed by atoms with Crippen LogP contribution >= 0.6 is 0 Å². The van der Waals surface area contributed by atoms with Gasteiger partial charge in [-0.3, -0.25) is 4.79 Å². The fourth-order valence-corrected chi connectivity index (χ4v) is 5.33. The third-order valence-electron chi connectivity index (χ3n) is 7.51. The summed E-state index contributed by atoms with van der Waals surface area (Å²) >= 11 is 0. The van der Waals surface area contributed by atoms with Gasteiger partial charge in [-0.25, -0.2) is 0 Å². The Kier molecular flexibility index (Phi) is 8.49. The Morgan fingerprint density at radius 2 is 1.48 bits per heavy atom. The van der Waals surface area contributed by atoms with E-state index >= 15 is 0 Å². The summed E-state index contributed by atoms with van der Waals surface area (Å²) in [6.07, 6.45) is -6.43. The number of nitrogen functional groups attached to an aromatic ring is 1. The van der Waals surface area contributed by atoms with Crippen molar-refractivity contribution in [2.24, 2.45) is 0 Å². The van der Waals surface area contributed by atoms with Gasteiger partial charge in [0.05, 0.1) is 17.2 Å². The number of carbonyl (C=O) groups is 1. The van der Waals surface area contributed by atoms with Gasteiger partial charge >= 0.3 is 12.4 Å². The molecule has 1 saturated carbocycles. The summed E-state index contributed by atoms with van der Waals surface area (Å²) in [5.74, 6) is -0.152. The molecule has 3 N–H and O–H groups in total. The van der Waals surface area contributed by atoms with Crippen LogP contribution in [-0.4, -0.2) is 54.7 Å². The van der Waals surface area contributed by atoms with Crippen molar-refractivity contribution in [2.75, 3.05) is 42.1 Å². The smallest absolute Gasteiger partial charge is 0.398 e. The van der Waals surface area contributed by atoms with E-state index in [1.54, 1.807) is 18.7 Å². The van der Waals surface area contributed by atoms with Crippen LogP contribution in [0.4, 0.5) is 43.4 Å². The lowest BCUT2D eigenvalue weighted by molar-refractivity contribution is -0.163. The van der Waals surface area contributed by atoms with Gasteiger partial charge in [-0.15, -0.1) is 0 Å². The van der Waals surface area contributed by atoms with Crippen LogP contribution in [0.5, 0.6) is 0 Å². The van der Waals surface area contributed by atoms with Crippen LogP contribution in [0.25, 0.3) is 0 Å². The predicted molar refractivity (Wildman–Crippen MR) is 141 cm³/mol. The van der Waals surface area contributed by atoms with Crippen molar-refractivity contribution in [1.29, 1.82) is 0 Å². The number of hydrogen-bond acceptors (Lipinski definition) is 5. The first-order valence-electron chi connectivity index (χ1n) is 13.3. The normalized spacial score (nSPS) is 20.9. The number of piperazine rings is 1. The van der Waals surface area contributed by atoms with Crippen LogP contribution in [0.15, 0.2) is 42.5 Å². The number of hydrogen-bond donors (Lipinski definition) is 2. The molecule has 0 radical (unpaired) electrons. The molecular formula is C28H34F6N4O2. The van der Waals surface area contributed by atoms with Crippen molar-refractivity contribution < 1.29 is 35.9 Å². The molecule has 2 aromatic rings. The monoisotopic (exact) mass is 572 g/mol. The molecule has 0 atom stereocenters. The number of alkyl halides is 6. The molecule has 0 aromatic heterocycles. The molecule has 2 aromatic carbocycles. The van der Waals surface area contributed by atoms with Gasteiger partial charge in [-0.05, 0) is 82.0 Å². The summed E-state index contributed by atoms with van der Waals surface area (Å²) in [4.78, 5) is 16.9. The molecule has 12 heteroatoms. The molecule has 220 valence electrons. The number of benzene rings is 2. The molecule has 1 aliphatic heterocycles. The highest BCUT2D eigenvalue weighted by atomic mass is 19.4. The quantitative estimate of drug-likeness (QED) is 0.320. The molecule has 40 heavy (non-hydrogen) atoms. The van der Waals surface area contributed by atoms with E-state index in [0.717, 1.165) is 18.2 Å². The number of halogens is 6. The molecule has 0 spiro atoms. The lowest BCUT2D eigenvalue weighted by Crippen LogP contribution is -2.55. The summed E-state index contributed by atoms with van der Waals surface area (Å²) < 4.78 is 84.3. The van der Waals surface area contributed by atoms with Crippen molar-refractivity contribution in [1.82, 2.24) is 4.90 Å². The molecule has 1 aliphatic carbocycles. The van der Waals surface area contributed by atoms with E-state index in [1.807, 2.05) is 4.90 Å². The average Bonchev–Trinajstić information content (AvgIpc) is 2.89. The van der Waals surface area contributed by atoms with Gasteiger partial charge in [0.25, 0.3) is 5.91 Å². The first kappa shape index (κ1) is 29.8. The van der Waals surface area contributed by atoms with Crippen molar-refractivity contribution >= 4 is 23.0 Å². The zero-order valence-electron chi connectivity index (χ0n) is 22.4. The van der Waals surface area contributed by atoms with Crippen LogP contribution in [0.1, 0.15) is 50.7 Å². The number of nitrogens with two attached hydrogens (primary N) is 1. The van der Waals surface area contributed by atoms with Crippen LogP contribution in [0.2, 0.25) is 0 Å². The lowest BCUT2D eigenvalue weighted by Gasteiger charge is -2.41. The summed E-state index contributed by atoms with van der Waals surface area (Å²) in [7, 11) is 0. The minimum atomic E-state index is -4.53. The van der Waals surface area contributed by atoms with Gasteiger partial charge in [0, 0.05) is 49.3 Å². The second-order valence-electron chi connectivity index (χ2n) is 10.9. The predicted octanol–water partition coefficient (Wildman–Crippen LogP) is 6.17. The van der Waals surface area contributed by atoms with E-state index in [-0.39, 0.29) is 23.7 Å². The van der Waals surface area contributed by atoms with E-state index in [0.29, 0.717) is 63.2 Å². The van der Waals surface area contributed by atoms with Gasteiger partial charge in [0.2, 0.25) is 0 Å². The van der Waals surface area contributed by atoms with Crippen LogP contribution in [0, 0.1) is 0 Å². The summed E-state index contributed by atoms with van der Waals surface area (Å²) in [5.41, 5.74) is 3.57. The Labute approximate surface area is 229 Å². The van der Waals surface area contributed by atoms with Gasteiger partial charge in [0.1, 0.15) is 5.60 Å². The third-order valence-corrected chi connectivity index (χ3v) is 7.51. The molecule has 1 heterocycles. The Morgan fingerprint density at radius 1 is 0.875 bits per heavy atom. The summed E-state index contributed by atoms with van der Waals surface area (Å²) in [5, 5.41) is 3.16. The van der Waals surface area contributed by atoms with E-state index < -0.39 is 29.1 Å². The zero-order chi connectivity index (χ0) is 29.3. The van der Waals surface area contributed by atoms with E-state index in [2.05, 4.69) is 5.32 Å². The Balaban J connectivity index is 1.25. The number of nitrogens with zero attached hydrogens (tertiary/aromatic N) is 2. The molecule has 0 unspecified atom stereocenters. The Bertz CT molecular complexity index is 1170. The molecule has 1 amide bonds. The summed E-state index contributed by atoms with van der Waals surface area (Å²) in [6, 6.07) is 8.79. The van der Waals surface area contributed by atoms with E-state index in [9.17, 15) is 31.1 Å². The van der Waals surface area contributed by atoms with E-state index in [1.165, 1.54) is 24.3 Å². The highest BCUT2D eigenvalue weighted by Gasteiger charge is 2.38. The largest absolute Gasteiger partial charge is 0.418 e. The Morgan fingerprint density at radius 3 is 2.02 bits per heavy atom. The number of ether oxygens (including phenoxy) is 1. The number of carbonyl (C=O) groups excluding carboxylic acids is 1. The van der Waals surface area contributed by atoms with Gasteiger partial charge in [0.15, 0.2) is 0 Å². The Hall–Kier alpha value is -3.15. The second-order valence-corrected chi connectivity index (χ2v) is 10.9. The first-order valence-corrected chi connectivity index (χ1v) is 13.3. The van der Waals surface area contributed by atoms with Crippen molar-refractivity contribution in [3.63, 3.8) is 0 Å². The fourth-order valence-electron chi connectivity index (χ4n) is 5.33. The fraction of sp³-hybridized carbons (Fsp3) is 0.536. The van der Waals surface area contributed by atoms with Crippen molar-refractivity contribution in [3.05, 3.63) is 53.6 Å². The van der Waals surface area contributed by atoms with Gasteiger partial charge in [-0.2, -0.15) is 26.3 Å². The number of rotatable bonds is 6. The van der Waals surface area contributed by atoms with Crippen LogP contribution in [0.3, 0.4) is 0 Å². The minimum Gasteiger partial charge on any atom is -0.398 e. The molecule has 2 fully saturated rings. The molecular weight excluding hydrogens is 538 g/mol. The maximum atomic E-state index is 13.3. The van der Waals surface area contributed by atoms with Crippen molar-refractivity contribution in [2.45, 2.75) is 69.6 Å². The molecule has 1 saturated heterocycles. The highest BCUT2D eigenvalue weighted by Crippen LogP contribution is 2.36. The number of nitrogens with one attached hydrogen (secondary N) is 1. The zero-order valence-corrected chi connectivity index (χ0v) is 22.4. The lowest BCUT2D eigenvalue weighted by atomic mass is 9.92. The maximum absolute atomic E-state index is 13.3. The SMILES string of the molecule is CC(C)(OC1CCC(Nc2ccc(N)c(C(F)(F)F)c2)CC1)C(=O)N1CCN(c2ccc(C(F)(F)F)cc2)CC1. The molecule has 2 aliphatic rings. The third kappa shape index (κ3) is 7.13. The second kappa shape index (κ2) is 11.4. The topological polar surface area (TPSA) is 70.8 Å². The first-order chi connectivity index (χ1) is 18.6. The average molecular weight is 573 g/mol. The standard InChI is InChI=1S/C28H34F6N4O2/c1-26(2,25(39)38-15-13-37(14-16-38)21-8-3-18(4-9-21)27(29,30)31)40-22-10-5-19(6-11-22)36-20-7-12-24(35)23(17-20)28(32,33)34/h3-4,7-9,12,17,19,22,36H,5-6,10-11,13-16,35H2,1-2H3. The van der Waals surface area contributed by atoms with Crippen LogP contribution < -0.4 is 16.0 Å². The van der Waals surface area contributed by atoms with E-state index in [4.69, 9.17) is 10.5 Å². The minimum absolute atomic E-state index is 0.0263.